The average molecular weight is 399 g/mol. The summed E-state index contributed by atoms with van der Waals surface area (Å²) in [6, 6.07) is 15.7. The number of hydrogen-bond donors (Lipinski definition) is 1. The van der Waals surface area contributed by atoms with Crippen molar-refractivity contribution in [3.8, 4) is 5.75 Å². The third-order valence-corrected chi connectivity index (χ3v) is 6.21. The molecule has 0 saturated carbocycles. The molecule has 2 aromatic carbocycles. The van der Waals surface area contributed by atoms with E-state index in [1.807, 2.05) is 47.8 Å². The molecule has 4 aromatic rings. The molecule has 0 amide bonds. The number of nitrogens with zero attached hydrogens (tertiary/aromatic N) is 2. The van der Waals surface area contributed by atoms with Gasteiger partial charge >= 0.3 is 0 Å². The number of aliphatic hydroxyl groups is 1. The molecule has 0 spiro atoms. The molecular formula is C20H18N2O3S2. The topological polar surface area (TPSA) is 64.3 Å². The van der Waals surface area contributed by atoms with Crippen LogP contribution in [0.4, 0.5) is 0 Å². The lowest BCUT2D eigenvalue weighted by molar-refractivity contribution is 0.126. The van der Waals surface area contributed by atoms with Gasteiger partial charge in [0.05, 0.1) is 11.5 Å². The lowest BCUT2D eigenvalue weighted by Gasteiger charge is -2.13. The fourth-order valence-corrected chi connectivity index (χ4v) is 4.46. The molecule has 0 bridgehead atoms. The summed E-state index contributed by atoms with van der Waals surface area (Å²) in [6.07, 6.45) is -0.669. The molecule has 7 heteroatoms. The number of thiophene rings is 1. The highest BCUT2D eigenvalue weighted by Gasteiger charge is 2.13. The van der Waals surface area contributed by atoms with Gasteiger partial charge in [-0.1, -0.05) is 42.1 Å². The molecule has 0 aliphatic heterocycles. The number of fused-ring (bicyclic) bond motifs is 2. The van der Waals surface area contributed by atoms with E-state index < -0.39 is 6.10 Å². The predicted octanol–water partition coefficient (Wildman–Crippen LogP) is 3.68. The summed E-state index contributed by atoms with van der Waals surface area (Å²) in [6.45, 7) is 0.181. The molecule has 138 valence electrons. The van der Waals surface area contributed by atoms with Gasteiger partial charge in [-0.25, -0.2) is 4.98 Å². The molecule has 4 rings (SSSR count). The first-order chi connectivity index (χ1) is 13.1. The second-order valence-electron chi connectivity index (χ2n) is 6.18. The fraction of sp³-hybridized carbons (Fsp3) is 0.200. The van der Waals surface area contributed by atoms with E-state index in [2.05, 4.69) is 4.98 Å². The van der Waals surface area contributed by atoms with Gasteiger partial charge in [-0.3, -0.25) is 9.36 Å². The Hall–Kier alpha value is -2.35. The Morgan fingerprint density at radius 2 is 2.04 bits per heavy atom. The van der Waals surface area contributed by atoms with Crippen molar-refractivity contribution in [1.29, 1.82) is 0 Å². The molecule has 27 heavy (non-hydrogen) atoms. The van der Waals surface area contributed by atoms with Gasteiger partial charge in [0.1, 0.15) is 17.2 Å². The standard InChI is InChI=1S/C20H18N2O3S2/c1-22-19(24)17-8-9-26-18(17)21-20(22)27-12-15(23)11-25-16-7-6-13-4-2-3-5-14(13)10-16/h2-10,15,23H,11-12H2,1H3. The SMILES string of the molecule is Cn1c(SCC(O)COc2ccc3ccccc3c2)nc2sccc2c1=O. The first-order valence-corrected chi connectivity index (χ1v) is 10.3. The van der Waals surface area contributed by atoms with E-state index in [0.29, 0.717) is 16.3 Å². The van der Waals surface area contributed by atoms with Gasteiger partial charge < -0.3 is 9.84 Å². The van der Waals surface area contributed by atoms with Crippen molar-refractivity contribution in [3.05, 3.63) is 64.3 Å². The van der Waals surface area contributed by atoms with Crippen molar-refractivity contribution in [2.75, 3.05) is 12.4 Å². The Labute approximate surface area is 164 Å². The van der Waals surface area contributed by atoms with E-state index in [4.69, 9.17) is 4.74 Å². The van der Waals surface area contributed by atoms with Crippen LogP contribution in [-0.2, 0) is 7.05 Å². The number of benzene rings is 2. The van der Waals surface area contributed by atoms with Crippen molar-refractivity contribution >= 4 is 44.1 Å². The molecule has 1 unspecified atom stereocenters. The minimum Gasteiger partial charge on any atom is -0.491 e. The van der Waals surface area contributed by atoms with E-state index in [-0.39, 0.29) is 12.2 Å². The predicted molar refractivity (Wildman–Crippen MR) is 111 cm³/mol. The lowest BCUT2D eigenvalue weighted by atomic mass is 10.1. The molecule has 0 fully saturated rings. The van der Waals surface area contributed by atoms with Crippen LogP contribution in [0.5, 0.6) is 5.75 Å². The smallest absolute Gasteiger partial charge is 0.262 e. The highest BCUT2D eigenvalue weighted by atomic mass is 32.2. The maximum atomic E-state index is 12.3. The maximum Gasteiger partial charge on any atom is 0.262 e. The van der Waals surface area contributed by atoms with Gasteiger partial charge in [0.15, 0.2) is 5.16 Å². The van der Waals surface area contributed by atoms with Crippen molar-refractivity contribution in [2.24, 2.45) is 7.05 Å². The quantitative estimate of drug-likeness (QED) is 0.396. The molecule has 0 aliphatic rings. The van der Waals surface area contributed by atoms with Crippen LogP contribution in [0.3, 0.4) is 0 Å². The van der Waals surface area contributed by atoms with E-state index in [0.717, 1.165) is 21.4 Å². The molecule has 0 saturated heterocycles. The summed E-state index contributed by atoms with van der Waals surface area (Å²) < 4.78 is 7.25. The van der Waals surface area contributed by atoms with Crippen LogP contribution in [0, 0.1) is 0 Å². The Bertz CT molecular complexity index is 1150. The zero-order chi connectivity index (χ0) is 18.8. The number of rotatable bonds is 6. The van der Waals surface area contributed by atoms with Gasteiger partial charge in [0.25, 0.3) is 5.56 Å². The van der Waals surface area contributed by atoms with E-state index in [1.165, 1.54) is 27.7 Å². The highest BCUT2D eigenvalue weighted by Crippen LogP contribution is 2.23. The van der Waals surface area contributed by atoms with Crippen molar-refractivity contribution in [3.63, 3.8) is 0 Å². The monoisotopic (exact) mass is 398 g/mol. The zero-order valence-corrected chi connectivity index (χ0v) is 16.3. The molecule has 1 atom stereocenters. The number of ether oxygens (including phenoxy) is 1. The molecule has 1 N–H and O–H groups in total. The molecule has 0 radical (unpaired) electrons. The van der Waals surface area contributed by atoms with Crippen LogP contribution >= 0.6 is 23.1 Å². The van der Waals surface area contributed by atoms with E-state index in [1.54, 1.807) is 13.1 Å². The fourth-order valence-electron chi connectivity index (χ4n) is 2.78. The maximum absolute atomic E-state index is 12.3. The first kappa shape index (κ1) is 18.0. The molecule has 5 nitrogen and oxygen atoms in total. The second-order valence-corrected chi connectivity index (χ2v) is 8.06. The van der Waals surface area contributed by atoms with Crippen LogP contribution in [0.1, 0.15) is 0 Å². The highest BCUT2D eigenvalue weighted by molar-refractivity contribution is 7.99. The lowest BCUT2D eigenvalue weighted by Crippen LogP contribution is -2.23. The van der Waals surface area contributed by atoms with Gasteiger partial charge in [0, 0.05) is 12.8 Å². The number of aromatic nitrogens is 2. The summed E-state index contributed by atoms with van der Waals surface area (Å²) in [5.41, 5.74) is -0.0642. The minimum absolute atomic E-state index is 0.0642. The summed E-state index contributed by atoms with van der Waals surface area (Å²) in [7, 11) is 1.70. The summed E-state index contributed by atoms with van der Waals surface area (Å²) in [5, 5.41) is 15.6. The second kappa shape index (κ2) is 7.72. The van der Waals surface area contributed by atoms with Crippen LogP contribution in [0.15, 0.2) is 63.9 Å². The van der Waals surface area contributed by atoms with Crippen molar-refractivity contribution < 1.29 is 9.84 Å². The van der Waals surface area contributed by atoms with Crippen LogP contribution in [0.2, 0.25) is 0 Å². The largest absolute Gasteiger partial charge is 0.491 e. The van der Waals surface area contributed by atoms with Gasteiger partial charge in [-0.2, -0.15) is 0 Å². The number of hydrogen-bond acceptors (Lipinski definition) is 6. The Kier molecular flexibility index (Phi) is 5.15. The van der Waals surface area contributed by atoms with Gasteiger partial charge in [-0.05, 0) is 34.4 Å². The molecular weight excluding hydrogens is 380 g/mol. The molecule has 0 aliphatic carbocycles. The third-order valence-electron chi connectivity index (χ3n) is 4.23. The van der Waals surface area contributed by atoms with E-state index in [9.17, 15) is 9.90 Å². The molecule has 2 heterocycles. The normalized spacial score (nSPS) is 12.5. The van der Waals surface area contributed by atoms with Gasteiger partial charge in [0.2, 0.25) is 0 Å². The van der Waals surface area contributed by atoms with Crippen LogP contribution < -0.4 is 10.3 Å². The minimum atomic E-state index is -0.669. The average Bonchev–Trinajstić information content (AvgIpc) is 3.16. The molecule has 2 aromatic heterocycles. The Morgan fingerprint density at radius 3 is 2.89 bits per heavy atom. The zero-order valence-electron chi connectivity index (χ0n) is 14.7. The summed E-state index contributed by atoms with van der Waals surface area (Å²) >= 11 is 2.80. The van der Waals surface area contributed by atoms with Gasteiger partial charge in [-0.15, -0.1) is 11.3 Å². The number of thioether (sulfide) groups is 1. The summed E-state index contributed by atoms with van der Waals surface area (Å²) in [5.74, 6) is 1.12. The Balaban J connectivity index is 1.38. The van der Waals surface area contributed by atoms with Crippen molar-refractivity contribution in [2.45, 2.75) is 11.3 Å². The third kappa shape index (κ3) is 3.85. The summed E-state index contributed by atoms with van der Waals surface area (Å²) in [4.78, 5) is 17.5. The van der Waals surface area contributed by atoms with Crippen LogP contribution in [0.25, 0.3) is 21.0 Å². The number of aliphatic hydroxyl groups excluding tert-OH is 1. The van der Waals surface area contributed by atoms with E-state index >= 15 is 0 Å². The Morgan fingerprint density at radius 1 is 1.22 bits per heavy atom. The van der Waals surface area contributed by atoms with Crippen molar-refractivity contribution in [1.82, 2.24) is 9.55 Å². The van der Waals surface area contributed by atoms with Crippen LogP contribution in [-0.4, -0.2) is 33.1 Å². The first-order valence-electron chi connectivity index (χ1n) is 8.48.